The molecule has 1 saturated heterocycles. The number of nitrogens with zero attached hydrogens (tertiary/aromatic N) is 1. The second-order valence-corrected chi connectivity index (χ2v) is 3.23. The highest BCUT2D eigenvalue weighted by molar-refractivity contribution is 5.81. The third kappa shape index (κ3) is 1.99. The summed E-state index contributed by atoms with van der Waals surface area (Å²) in [7, 11) is 1.87. The lowest BCUT2D eigenvalue weighted by Crippen LogP contribution is -2.44. The summed E-state index contributed by atoms with van der Waals surface area (Å²) >= 11 is 0. The second kappa shape index (κ2) is 3.30. The molecule has 1 rings (SSSR count). The fraction of sp³-hybridized carbons (Fsp3) is 0.875. The van der Waals surface area contributed by atoms with E-state index >= 15 is 0 Å². The van der Waals surface area contributed by atoms with Crippen LogP contribution in [0.25, 0.3) is 0 Å². The van der Waals surface area contributed by atoms with E-state index in [0.29, 0.717) is 19.4 Å². The Morgan fingerprint density at radius 3 is 2.73 bits per heavy atom. The minimum atomic E-state index is -0.778. The Morgan fingerprint density at radius 1 is 1.64 bits per heavy atom. The predicted octanol–water partition coefficient (Wildman–Crippen LogP) is 1.01. The number of carbonyl (C=O) groups is 1. The summed E-state index contributed by atoms with van der Waals surface area (Å²) < 4.78 is 12.8. The highest BCUT2D eigenvalue weighted by Gasteiger charge is 2.28. The van der Waals surface area contributed by atoms with Gasteiger partial charge >= 0.3 is 0 Å². The number of carbonyl (C=O) groups excluding carboxylic acids is 1. The molecule has 0 N–H and O–H groups in total. The van der Waals surface area contributed by atoms with Crippen LogP contribution in [0.15, 0.2) is 0 Å². The zero-order chi connectivity index (χ0) is 8.43. The van der Waals surface area contributed by atoms with Crippen molar-refractivity contribution in [2.24, 2.45) is 0 Å². The summed E-state index contributed by atoms with van der Waals surface area (Å²) in [4.78, 5) is 12.9. The van der Waals surface area contributed by atoms with E-state index in [9.17, 15) is 9.18 Å². The maximum atomic E-state index is 12.8. The van der Waals surface area contributed by atoms with Crippen LogP contribution in [0.4, 0.5) is 4.39 Å². The van der Waals surface area contributed by atoms with E-state index in [-0.39, 0.29) is 11.8 Å². The number of hydrogen-bond acceptors (Lipinski definition) is 2. The lowest BCUT2D eigenvalue weighted by molar-refractivity contribution is -0.123. The highest BCUT2D eigenvalue weighted by Crippen LogP contribution is 2.18. The van der Waals surface area contributed by atoms with Crippen LogP contribution in [0.1, 0.15) is 19.8 Å². The van der Waals surface area contributed by atoms with Gasteiger partial charge in [-0.2, -0.15) is 0 Å². The number of rotatable bonds is 1. The molecule has 0 aromatic heterocycles. The molecule has 0 unspecified atom stereocenters. The van der Waals surface area contributed by atoms with E-state index in [1.54, 1.807) is 0 Å². The topological polar surface area (TPSA) is 20.3 Å². The van der Waals surface area contributed by atoms with Gasteiger partial charge in [0, 0.05) is 13.0 Å². The predicted molar refractivity (Wildman–Crippen MR) is 41.2 cm³/mol. The summed E-state index contributed by atoms with van der Waals surface area (Å²) in [6, 6.07) is -0.182. The Hall–Kier alpha value is -0.440. The Kier molecular flexibility index (Phi) is 2.60. The molecule has 0 aliphatic carbocycles. The normalized spacial score (nSPS) is 33.7. The van der Waals surface area contributed by atoms with Gasteiger partial charge in [0.15, 0.2) is 0 Å². The summed E-state index contributed by atoms with van der Waals surface area (Å²) in [5.74, 6) is 0.0786. The fourth-order valence-electron chi connectivity index (χ4n) is 1.52. The average molecular weight is 159 g/mol. The van der Waals surface area contributed by atoms with E-state index in [4.69, 9.17) is 0 Å². The molecule has 0 spiro atoms. The van der Waals surface area contributed by atoms with Gasteiger partial charge in [0.2, 0.25) is 0 Å². The molecule has 0 radical (unpaired) electrons. The number of piperidine rings is 1. The third-order valence-corrected chi connectivity index (χ3v) is 2.28. The Bertz CT molecular complexity index is 160. The van der Waals surface area contributed by atoms with Gasteiger partial charge < -0.3 is 0 Å². The maximum Gasteiger partial charge on any atom is 0.146 e. The SMILES string of the molecule is CC(=O)[C@@H]1C[C@@H](F)CCN1C. The van der Waals surface area contributed by atoms with E-state index in [1.807, 2.05) is 11.9 Å². The van der Waals surface area contributed by atoms with Gasteiger partial charge in [0.1, 0.15) is 12.0 Å². The van der Waals surface area contributed by atoms with Gasteiger partial charge in [-0.3, -0.25) is 9.69 Å². The second-order valence-electron chi connectivity index (χ2n) is 3.23. The van der Waals surface area contributed by atoms with E-state index in [2.05, 4.69) is 0 Å². The van der Waals surface area contributed by atoms with Crippen LogP contribution in [0.2, 0.25) is 0 Å². The third-order valence-electron chi connectivity index (χ3n) is 2.28. The molecule has 0 amide bonds. The van der Waals surface area contributed by atoms with Crippen LogP contribution in [-0.4, -0.2) is 36.5 Å². The molecule has 0 aromatic rings. The quantitative estimate of drug-likeness (QED) is 0.569. The zero-order valence-corrected chi connectivity index (χ0v) is 7.01. The van der Waals surface area contributed by atoms with Crippen LogP contribution >= 0.6 is 0 Å². The van der Waals surface area contributed by atoms with E-state index in [0.717, 1.165) is 0 Å². The van der Waals surface area contributed by atoms with E-state index < -0.39 is 6.17 Å². The molecule has 64 valence electrons. The summed E-state index contributed by atoms with van der Waals surface area (Å²) in [6.45, 7) is 2.23. The molecular weight excluding hydrogens is 145 g/mol. The maximum absolute atomic E-state index is 12.8. The molecular formula is C8H14FNO. The molecule has 2 atom stereocenters. The van der Waals surface area contributed by atoms with Crippen LogP contribution in [0, 0.1) is 0 Å². The van der Waals surface area contributed by atoms with Crippen molar-refractivity contribution in [1.82, 2.24) is 4.90 Å². The lowest BCUT2D eigenvalue weighted by atomic mass is 9.98. The summed E-state index contributed by atoms with van der Waals surface area (Å²) in [5, 5.41) is 0. The van der Waals surface area contributed by atoms with Crippen molar-refractivity contribution < 1.29 is 9.18 Å². The largest absolute Gasteiger partial charge is 0.298 e. The van der Waals surface area contributed by atoms with Crippen molar-refractivity contribution in [2.75, 3.05) is 13.6 Å². The first-order valence-electron chi connectivity index (χ1n) is 3.96. The van der Waals surface area contributed by atoms with E-state index in [1.165, 1.54) is 6.92 Å². The molecule has 1 aliphatic rings. The number of Topliss-reactive ketones (excluding diaryl/α,β-unsaturated/α-hetero) is 1. The molecule has 0 bridgehead atoms. The molecule has 11 heavy (non-hydrogen) atoms. The van der Waals surface area contributed by atoms with Gasteiger partial charge in [-0.15, -0.1) is 0 Å². The summed E-state index contributed by atoms with van der Waals surface area (Å²) in [6.07, 6.45) is 0.173. The first-order valence-corrected chi connectivity index (χ1v) is 3.96. The van der Waals surface area contributed by atoms with Gasteiger partial charge in [-0.25, -0.2) is 4.39 Å². The number of halogens is 1. The van der Waals surface area contributed by atoms with Crippen LogP contribution in [0.3, 0.4) is 0 Å². The monoisotopic (exact) mass is 159 g/mol. The fourth-order valence-corrected chi connectivity index (χ4v) is 1.52. The smallest absolute Gasteiger partial charge is 0.146 e. The molecule has 0 aromatic carbocycles. The number of likely N-dealkylation sites (tertiary alicyclic amines) is 1. The van der Waals surface area contributed by atoms with Gasteiger partial charge in [-0.05, 0) is 20.4 Å². The molecule has 2 nitrogen and oxygen atoms in total. The number of alkyl halides is 1. The molecule has 0 saturated carbocycles. The Balaban J connectivity index is 2.54. The molecule has 3 heteroatoms. The molecule has 1 aliphatic heterocycles. The van der Waals surface area contributed by atoms with Gasteiger partial charge in [-0.1, -0.05) is 0 Å². The van der Waals surface area contributed by atoms with Crippen LogP contribution in [-0.2, 0) is 4.79 Å². The van der Waals surface area contributed by atoms with Gasteiger partial charge in [0.25, 0.3) is 0 Å². The summed E-state index contributed by atoms with van der Waals surface area (Å²) in [5.41, 5.74) is 0. The number of likely N-dealkylation sites (N-methyl/N-ethyl adjacent to an activating group) is 1. The van der Waals surface area contributed by atoms with Gasteiger partial charge in [0.05, 0.1) is 6.04 Å². The number of hydrogen-bond donors (Lipinski definition) is 0. The minimum absolute atomic E-state index is 0.0786. The minimum Gasteiger partial charge on any atom is -0.298 e. The van der Waals surface area contributed by atoms with Crippen LogP contribution < -0.4 is 0 Å². The number of ketones is 1. The zero-order valence-electron chi connectivity index (χ0n) is 7.01. The Labute approximate surface area is 66.4 Å². The Morgan fingerprint density at radius 2 is 2.27 bits per heavy atom. The van der Waals surface area contributed by atoms with Crippen molar-refractivity contribution in [1.29, 1.82) is 0 Å². The van der Waals surface area contributed by atoms with Crippen molar-refractivity contribution >= 4 is 5.78 Å². The average Bonchev–Trinajstić information content (AvgIpc) is 1.94. The van der Waals surface area contributed by atoms with Crippen molar-refractivity contribution in [3.8, 4) is 0 Å². The van der Waals surface area contributed by atoms with Crippen molar-refractivity contribution in [3.05, 3.63) is 0 Å². The highest BCUT2D eigenvalue weighted by atomic mass is 19.1. The molecule has 1 heterocycles. The van der Waals surface area contributed by atoms with Crippen LogP contribution in [0.5, 0.6) is 0 Å². The standard InChI is InChI=1S/C8H14FNO/c1-6(11)8-5-7(9)3-4-10(8)2/h7-8H,3-5H2,1-2H3/t7-,8-/m0/s1. The van der Waals surface area contributed by atoms with Crippen molar-refractivity contribution in [3.63, 3.8) is 0 Å². The first-order chi connectivity index (χ1) is 5.11. The van der Waals surface area contributed by atoms with Crippen molar-refractivity contribution in [2.45, 2.75) is 32.0 Å². The first kappa shape index (κ1) is 8.65. The lowest BCUT2D eigenvalue weighted by Gasteiger charge is -2.32. The molecule has 1 fully saturated rings.